The predicted octanol–water partition coefficient (Wildman–Crippen LogP) is 0.753. The molecule has 0 bridgehead atoms. The van der Waals surface area contributed by atoms with Crippen molar-refractivity contribution in [2.45, 2.75) is 37.5 Å². The summed E-state index contributed by atoms with van der Waals surface area (Å²) in [7, 11) is 0. The molecule has 0 amide bonds. The van der Waals surface area contributed by atoms with Crippen LogP contribution in [0.2, 0.25) is 0 Å². The molecule has 0 aromatic carbocycles. The van der Waals surface area contributed by atoms with Gasteiger partial charge in [0.2, 0.25) is 0 Å². The lowest BCUT2D eigenvalue weighted by atomic mass is 10.1. The van der Waals surface area contributed by atoms with Gasteiger partial charge in [-0.1, -0.05) is 6.08 Å². The molecule has 2 saturated heterocycles. The summed E-state index contributed by atoms with van der Waals surface area (Å²) >= 11 is 0. The molecule has 2 aliphatic heterocycles. The van der Waals surface area contributed by atoms with Crippen molar-refractivity contribution in [1.29, 1.82) is 0 Å². The van der Waals surface area contributed by atoms with Gasteiger partial charge in [-0.05, 0) is 25.8 Å². The van der Waals surface area contributed by atoms with E-state index >= 15 is 0 Å². The lowest BCUT2D eigenvalue weighted by molar-refractivity contribution is -0.0586. The van der Waals surface area contributed by atoms with Crippen LogP contribution in [0, 0.1) is 0 Å². The molecule has 2 N–H and O–H groups in total. The van der Waals surface area contributed by atoms with Crippen LogP contribution in [0.25, 0.3) is 0 Å². The average Bonchev–Trinajstić information content (AvgIpc) is 2.64. The fraction of sp³-hybridized carbons (Fsp3) is 0.818. The Morgan fingerprint density at radius 2 is 2.50 bits per heavy atom. The summed E-state index contributed by atoms with van der Waals surface area (Å²) < 4.78 is 5.79. The van der Waals surface area contributed by atoms with Gasteiger partial charge in [-0.3, -0.25) is 4.90 Å². The molecule has 3 atom stereocenters. The van der Waals surface area contributed by atoms with Crippen molar-refractivity contribution in [1.82, 2.24) is 4.90 Å². The number of hydrogen-bond donors (Lipinski definition) is 1. The highest BCUT2D eigenvalue weighted by atomic mass is 16.5. The highest BCUT2D eigenvalue weighted by Gasteiger charge is 2.34. The van der Waals surface area contributed by atoms with E-state index in [0.29, 0.717) is 6.04 Å². The normalized spacial score (nSPS) is 35.2. The molecule has 0 aliphatic carbocycles. The van der Waals surface area contributed by atoms with Crippen LogP contribution < -0.4 is 5.73 Å². The third-order valence-electron chi connectivity index (χ3n) is 3.33. The number of ether oxygens (including phenoxy) is 1. The van der Waals surface area contributed by atoms with E-state index in [1.165, 1.54) is 19.4 Å². The fourth-order valence-corrected chi connectivity index (χ4v) is 2.45. The Balaban J connectivity index is 1.87. The molecule has 2 fully saturated rings. The molecular weight excluding hydrogens is 176 g/mol. The summed E-state index contributed by atoms with van der Waals surface area (Å²) in [5.74, 6) is 0. The van der Waals surface area contributed by atoms with Crippen LogP contribution in [0.15, 0.2) is 12.7 Å². The topological polar surface area (TPSA) is 38.5 Å². The van der Waals surface area contributed by atoms with Gasteiger partial charge in [0.25, 0.3) is 0 Å². The van der Waals surface area contributed by atoms with Crippen molar-refractivity contribution in [3.63, 3.8) is 0 Å². The van der Waals surface area contributed by atoms with Crippen LogP contribution >= 0.6 is 0 Å². The summed E-state index contributed by atoms with van der Waals surface area (Å²) in [6, 6.07) is 0.788. The molecular formula is C11H20N2O. The van der Waals surface area contributed by atoms with Gasteiger partial charge in [0.05, 0.1) is 12.7 Å². The Morgan fingerprint density at radius 1 is 1.64 bits per heavy atom. The largest absolute Gasteiger partial charge is 0.374 e. The first-order chi connectivity index (χ1) is 6.81. The van der Waals surface area contributed by atoms with Gasteiger partial charge >= 0.3 is 0 Å². The summed E-state index contributed by atoms with van der Waals surface area (Å²) in [6.07, 6.45) is 5.55. The zero-order valence-electron chi connectivity index (χ0n) is 8.69. The predicted molar refractivity (Wildman–Crippen MR) is 57.1 cm³/mol. The Labute approximate surface area is 85.9 Å². The second kappa shape index (κ2) is 4.43. The van der Waals surface area contributed by atoms with E-state index in [4.69, 9.17) is 10.5 Å². The lowest BCUT2D eigenvalue weighted by Gasteiger charge is -2.37. The number of fused-ring (bicyclic) bond motifs is 1. The molecule has 0 aromatic heterocycles. The van der Waals surface area contributed by atoms with Crippen LogP contribution in [0.5, 0.6) is 0 Å². The number of rotatable bonds is 3. The molecule has 2 aliphatic rings. The van der Waals surface area contributed by atoms with Crippen molar-refractivity contribution in [2.75, 3.05) is 19.7 Å². The van der Waals surface area contributed by atoms with Crippen LogP contribution in [0.1, 0.15) is 19.3 Å². The van der Waals surface area contributed by atoms with E-state index < -0.39 is 0 Å². The Bertz CT molecular complexity index is 207. The molecule has 0 spiro atoms. The lowest BCUT2D eigenvalue weighted by Crippen LogP contribution is -2.52. The zero-order valence-corrected chi connectivity index (χ0v) is 8.69. The quantitative estimate of drug-likeness (QED) is 0.677. The summed E-state index contributed by atoms with van der Waals surface area (Å²) in [5, 5.41) is 0. The molecule has 3 nitrogen and oxygen atoms in total. The van der Waals surface area contributed by atoms with Gasteiger partial charge in [-0.15, -0.1) is 6.58 Å². The van der Waals surface area contributed by atoms with E-state index in [1.807, 2.05) is 6.08 Å². The number of morpholine rings is 1. The first kappa shape index (κ1) is 10.1. The molecule has 0 saturated carbocycles. The highest BCUT2D eigenvalue weighted by molar-refractivity contribution is 4.91. The Morgan fingerprint density at radius 3 is 3.29 bits per heavy atom. The highest BCUT2D eigenvalue weighted by Crippen LogP contribution is 2.23. The van der Waals surface area contributed by atoms with Gasteiger partial charge in [0, 0.05) is 18.6 Å². The third-order valence-corrected chi connectivity index (χ3v) is 3.33. The second-order valence-corrected chi connectivity index (χ2v) is 4.35. The average molecular weight is 196 g/mol. The molecule has 3 unspecified atom stereocenters. The maximum absolute atomic E-state index is 6.02. The Hall–Kier alpha value is -0.380. The van der Waals surface area contributed by atoms with Crippen LogP contribution in [0.3, 0.4) is 0 Å². The van der Waals surface area contributed by atoms with Crippen LogP contribution in [-0.2, 0) is 4.74 Å². The molecule has 0 radical (unpaired) electrons. The smallest absolute Gasteiger partial charge is 0.0856 e. The molecule has 2 rings (SSSR count). The molecule has 80 valence electrons. The van der Waals surface area contributed by atoms with E-state index in [2.05, 4.69) is 11.5 Å². The maximum Gasteiger partial charge on any atom is 0.0856 e. The van der Waals surface area contributed by atoms with E-state index in [1.54, 1.807) is 0 Å². The van der Waals surface area contributed by atoms with E-state index in [0.717, 1.165) is 19.6 Å². The summed E-state index contributed by atoms with van der Waals surface area (Å²) in [4.78, 5) is 2.52. The van der Waals surface area contributed by atoms with Crippen molar-refractivity contribution in [3.8, 4) is 0 Å². The number of hydrogen-bond acceptors (Lipinski definition) is 3. The molecule has 14 heavy (non-hydrogen) atoms. The van der Waals surface area contributed by atoms with Crippen molar-refractivity contribution in [2.24, 2.45) is 5.73 Å². The third kappa shape index (κ3) is 2.00. The van der Waals surface area contributed by atoms with E-state index in [9.17, 15) is 0 Å². The monoisotopic (exact) mass is 196 g/mol. The minimum atomic E-state index is 0.119. The minimum Gasteiger partial charge on any atom is -0.374 e. The van der Waals surface area contributed by atoms with Crippen molar-refractivity contribution in [3.05, 3.63) is 12.7 Å². The first-order valence-electron chi connectivity index (χ1n) is 5.53. The first-order valence-corrected chi connectivity index (χ1v) is 5.53. The zero-order chi connectivity index (χ0) is 9.97. The summed E-state index contributed by atoms with van der Waals surface area (Å²) in [5.41, 5.74) is 6.02. The molecule has 3 heteroatoms. The number of nitrogens with zero attached hydrogens (tertiary/aromatic N) is 1. The SMILES string of the molecule is C=CCC(N)C1CN2CCCC2CO1. The molecule has 0 aromatic rings. The minimum absolute atomic E-state index is 0.119. The van der Waals surface area contributed by atoms with Gasteiger partial charge < -0.3 is 10.5 Å². The van der Waals surface area contributed by atoms with Crippen molar-refractivity contribution >= 4 is 0 Å². The van der Waals surface area contributed by atoms with Gasteiger partial charge in [-0.25, -0.2) is 0 Å². The standard InChI is InChI=1S/C11H20N2O/c1-2-4-10(12)11-7-13-6-3-5-9(13)8-14-11/h2,9-11H,1,3-8,12H2. The summed E-state index contributed by atoms with van der Waals surface area (Å²) in [6.45, 7) is 6.82. The maximum atomic E-state index is 6.02. The van der Waals surface area contributed by atoms with E-state index in [-0.39, 0.29) is 12.1 Å². The number of nitrogens with two attached hydrogens (primary N) is 1. The second-order valence-electron chi connectivity index (χ2n) is 4.35. The fourth-order valence-electron chi connectivity index (χ4n) is 2.45. The van der Waals surface area contributed by atoms with Crippen LogP contribution in [0.4, 0.5) is 0 Å². The Kier molecular flexibility index (Phi) is 3.21. The van der Waals surface area contributed by atoms with Gasteiger partial charge in [0.1, 0.15) is 0 Å². The van der Waals surface area contributed by atoms with Gasteiger partial charge in [0.15, 0.2) is 0 Å². The van der Waals surface area contributed by atoms with Crippen molar-refractivity contribution < 1.29 is 4.74 Å². The molecule has 2 heterocycles. The van der Waals surface area contributed by atoms with Crippen LogP contribution in [-0.4, -0.2) is 42.8 Å². The van der Waals surface area contributed by atoms with Gasteiger partial charge in [-0.2, -0.15) is 0 Å².